The summed E-state index contributed by atoms with van der Waals surface area (Å²) in [5.41, 5.74) is 0.594. The number of hydrogen-bond donors (Lipinski definition) is 3. The minimum Gasteiger partial charge on any atom is -0.478 e. The molecule has 1 amide bonds. The van der Waals surface area contributed by atoms with E-state index in [9.17, 15) is 19.5 Å². The molecule has 138 valence electrons. The van der Waals surface area contributed by atoms with Crippen LogP contribution in [-0.2, 0) is 9.53 Å². The van der Waals surface area contributed by atoms with E-state index in [1.54, 1.807) is 11.8 Å². The minimum atomic E-state index is -1.34. The van der Waals surface area contributed by atoms with Crippen molar-refractivity contribution in [2.75, 3.05) is 25.5 Å². The molecule has 1 unspecified atom stereocenters. The number of carbonyl (C=O) groups is 3. The fourth-order valence-corrected chi connectivity index (χ4v) is 3.37. The molecule has 0 aliphatic heterocycles. The van der Waals surface area contributed by atoms with Crippen molar-refractivity contribution in [1.29, 1.82) is 0 Å². The maximum absolute atomic E-state index is 12.6. The molecule has 0 saturated carbocycles. The minimum absolute atomic E-state index is 0.144. The van der Waals surface area contributed by atoms with Gasteiger partial charge in [-0.1, -0.05) is 0 Å². The summed E-state index contributed by atoms with van der Waals surface area (Å²) >= 11 is 1.02. The van der Waals surface area contributed by atoms with Gasteiger partial charge in [0, 0.05) is 19.2 Å². The predicted molar refractivity (Wildman–Crippen MR) is 94.1 cm³/mol. The lowest BCUT2D eigenvalue weighted by atomic mass is 10.1. The van der Waals surface area contributed by atoms with Crippen LogP contribution in [0.5, 0.6) is 0 Å². The van der Waals surface area contributed by atoms with Crippen molar-refractivity contribution in [2.24, 2.45) is 0 Å². The third-order valence-corrected chi connectivity index (χ3v) is 4.69. The molecule has 0 aromatic carbocycles. The smallest absolute Gasteiger partial charge is 0.341 e. The lowest BCUT2D eigenvalue weighted by Gasteiger charge is -2.18. The average Bonchev–Trinajstić information content (AvgIpc) is 2.89. The summed E-state index contributed by atoms with van der Waals surface area (Å²) < 4.78 is 4.75. The molecule has 25 heavy (non-hydrogen) atoms. The number of amides is 1. The molecule has 0 radical (unpaired) electrons. The number of esters is 1. The van der Waals surface area contributed by atoms with Crippen molar-refractivity contribution >= 4 is 34.2 Å². The van der Waals surface area contributed by atoms with Crippen LogP contribution in [-0.4, -0.2) is 59.4 Å². The average molecular weight is 370 g/mol. The fourth-order valence-electron chi connectivity index (χ4n) is 2.18. The molecule has 0 fully saturated rings. The van der Waals surface area contributed by atoms with Gasteiger partial charge in [0.15, 0.2) is 0 Å². The zero-order valence-corrected chi connectivity index (χ0v) is 15.3. The van der Waals surface area contributed by atoms with Crippen LogP contribution < -0.4 is 5.32 Å². The molecule has 1 aromatic heterocycles. The molecular weight excluding hydrogens is 348 g/mol. The number of hydrogen-bond acceptors (Lipinski definition) is 7. The van der Waals surface area contributed by atoms with Crippen molar-refractivity contribution in [1.82, 2.24) is 4.90 Å². The molecule has 1 rings (SSSR count). The zero-order valence-electron chi connectivity index (χ0n) is 14.5. The number of ether oxygens (including phenoxy) is 1. The summed E-state index contributed by atoms with van der Waals surface area (Å²) in [6, 6.07) is 0. The third kappa shape index (κ3) is 5.04. The monoisotopic (exact) mass is 370 g/mol. The van der Waals surface area contributed by atoms with E-state index in [0.717, 1.165) is 23.5 Å². The van der Waals surface area contributed by atoms with Gasteiger partial charge in [-0.15, -0.1) is 11.3 Å². The Morgan fingerprint density at radius 3 is 2.40 bits per heavy atom. The molecule has 9 heteroatoms. The van der Waals surface area contributed by atoms with Gasteiger partial charge < -0.3 is 25.2 Å². The van der Waals surface area contributed by atoms with Gasteiger partial charge in [0.25, 0.3) is 5.91 Å². The Kier molecular flexibility index (Phi) is 7.59. The van der Waals surface area contributed by atoms with E-state index in [-0.39, 0.29) is 16.5 Å². The number of thiophene rings is 1. The van der Waals surface area contributed by atoms with Gasteiger partial charge in [0.05, 0.1) is 17.6 Å². The fraction of sp³-hybridized carbons (Fsp3) is 0.438. The quantitative estimate of drug-likeness (QED) is 0.362. The second kappa shape index (κ2) is 9.19. The molecule has 8 nitrogen and oxygen atoms in total. The standard InChI is InChI=1S/C16H22N2O6S/c1-5-18(6-2)15(22)13-9(3)12(16(23)24-4)14(25-13)17-10(19)7-8-11(20)21/h7-8,10,17,19H,5-6H2,1-4H3,(H,20,21)/b8-7+. The number of carboxylic acid groups (broad SMARTS) is 1. The highest BCUT2D eigenvalue weighted by atomic mass is 32.1. The molecule has 0 aliphatic carbocycles. The Morgan fingerprint density at radius 1 is 1.32 bits per heavy atom. The number of nitrogens with zero attached hydrogens (tertiary/aromatic N) is 1. The summed E-state index contributed by atoms with van der Waals surface area (Å²) in [6.45, 7) is 6.38. The van der Waals surface area contributed by atoms with Crippen LogP contribution in [0.25, 0.3) is 0 Å². The number of aliphatic hydroxyl groups excluding tert-OH is 1. The number of aliphatic hydroxyl groups is 1. The number of carboxylic acids is 1. The van der Waals surface area contributed by atoms with E-state index in [0.29, 0.717) is 23.5 Å². The van der Waals surface area contributed by atoms with E-state index in [2.05, 4.69) is 5.32 Å². The number of nitrogens with one attached hydrogen (secondary N) is 1. The van der Waals surface area contributed by atoms with Crippen LogP contribution >= 0.6 is 11.3 Å². The van der Waals surface area contributed by atoms with Crippen LogP contribution in [0, 0.1) is 6.92 Å². The molecular formula is C16H22N2O6S. The first-order valence-corrected chi connectivity index (χ1v) is 8.45. The van der Waals surface area contributed by atoms with Crippen LogP contribution in [0.1, 0.15) is 39.4 Å². The summed E-state index contributed by atoms with van der Waals surface area (Å²) in [5.74, 6) is -2.08. The van der Waals surface area contributed by atoms with E-state index >= 15 is 0 Å². The maximum atomic E-state index is 12.6. The van der Waals surface area contributed by atoms with Gasteiger partial charge in [-0.25, -0.2) is 9.59 Å². The van der Waals surface area contributed by atoms with Crippen LogP contribution in [0.4, 0.5) is 5.00 Å². The SMILES string of the molecule is CCN(CC)C(=O)c1sc(NC(O)/C=C/C(=O)O)c(C(=O)OC)c1C. The number of rotatable bonds is 8. The summed E-state index contributed by atoms with van der Waals surface area (Å²) in [4.78, 5) is 37.2. The predicted octanol–water partition coefficient (Wildman–Crippen LogP) is 1.70. The number of carbonyl (C=O) groups excluding carboxylic acids is 2. The molecule has 1 aromatic rings. The first-order chi connectivity index (χ1) is 11.8. The number of aliphatic carboxylic acids is 1. The summed E-state index contributed by atoms with van der Waals surface area (Å²) in [5, 5.41) is 21.3. The third-order valence-electron chi connectivity index (χ3n) is 3.48. The van der Waals surface area contributed by atoms with Gasteiger partial charge in [-0.3, -0.25) is 4.79 Å². The van der Waals surface area contributed by atoms with Crippen LogP contribution in [0.2, 0.25) is 0 Å². The van der Waals surface area contributed by atoms with Gasteiger partial charge >= 0.3 is 11.9 Å². The Morgan fingerprint density at radius 2 is 1.92 bits per heavy atom. The lowest BCUT2D eigenvalue weighted by molar-refractivity contribution is -0.131. The molecule has 0 saturated heterocycles. The first kappa shape index (κ1) is 20.7. The Balaban J connectivity index is 3.27. The second-order valence-corrected chi connectivity index (χ2v) is 6.04. The first-order valence-electron chi connectivity index (χ1n) is 7.63. The lowest BCUT2D eigenvalue weighted by Crippen LogP contribution is -2.30. The zero-order chi connectivity index (χ0) is 19.1. The Hall–Kier alpha value is -2.39. The van der Waals surface area contributed by atoms with Crippen molar-refractivity contribution in [2.45, 2.75) is 27.0 Å². The maximum Gasteiger partial charge on any atom is 0.341 e. The molecule has 0 aliphatic rings. The van der Waals surface area contributed by atoms with E-state index < -0.39 is 18.2 Å². The highest BCUT2D eigenvalue weighted by Gasteiger charge is 2.27. The topological polar surface area (TPSA) is 116 Å². The molecule has 1 heterocycles. The van der Waals surface area contributed by atoms with E-state index in [1.807, 2.05) is 13.8 Å². The molecule has 0 bridgehead atoms. The van der Waals surface area contributed by atoms with Crippen molar-refractivity contribution in [3.63, 3.8) is 0 Å². The van der Waals surface area contributed by atoms with Crippen LogP contribution in [0.3, 0.4) is 0 Å². The molecule has 1 atom stereocenters. The summed E-state index contributed by atoms with van der Waals surface area (Å²) in [7, 11) is 1.22. The van der Waals surface area contributed by atoms with Gasteiger partial charge in [-0.05, 0) is 32.4 Å². The van der Waals surface area contributed by atoms with E-state index in [1.165, 1.54) is 7.11 Å². The second-order valence-electron chi connectivity index (χ2n) is 5.02. The number of anilines is 1. The van der Waals surface area contributed by atoms with Gasteiger partial charge in [0.1, 0.15) is 11.2 Å². The van der Waals surface area contributed by atoms with Crippen molar-refractivity contribution < 1.29 is 29.3 Å². The van der Waals surface area contributed by atoms with E-state index in [4.69, 9.17) is 9.84 Å². The highest BCUT2D eigenvalue weighted by Crippen LogP contribution is 2.34. The largest absolute Gasteiger partial charge is 0.478 e. The Labute approximate surface area is 149 Å². The highest BCUT2D eigenvalue weighted by molar-refractivity contribution is 7.18. The van der Waals surface area contributed by atoms with Gasteiger partial charge in [-0.2, -0.15) is 0 Å². The van der Waals surface area contributed by atoms with Gasteiger partial charge in [0.2, 0.25) is 0 Å². The normalized spacial score (nSPS) is 12.0. The molecule has 3 N–H and O–H groups in total. The Bertz CT molecular complexity index is 678. The molecule has 0 spiro atoms. The van der Waals surface area contributed by atoms with Crippen molar-refractivity contribution in [3.05, 3.63) is 28.2 Å². The number of methoxy groups -OCH3 is 1. The van der Waals surface area contributed by atoms with Crippen LogP contribution in [0.15, 0.2) is 12.2 Å². The van der Waals surface area contributed by atoms with Crippen molar-refractivity contribution in [3.8, 4) is 0 Å². The summed E-state index contributed by atoms with van der Waals surface area (Å²) in [6.07, 6.45) is 0.455.